The molecule has 3 heteroatoms. The first-order valence-electron chi connectivity index (χ1n) is 5.77. The summed E-state index contributed by atoms with van der Waals surface area (Å²) in [6, 6.07) is 6.05. The molecule has 0 spiro atoms. The van der Waals surface area contributed by atoms with E-state index in [9.17, 15) is 0 Å². The van der Waals surface area contributed by atoms with E-state index in [1.54, 1.807) is 7.11 Å². The Labute approximate surface area is 102 Å². The topological polar surface area (TPSA) is 21.3 Å². The molecule has 16 heavy (non-hydrogen) atoms. The highest BCUT2D eigenvalue weighted by atomic mass is 35.5. The third kappa shape index (κ3) is 2.89. The molecule has 1 unspecified atom stereocenters. The van der Waals surface area contributed by atoms with Crippen LogP contribution in [0.15, 0.2) is 18.2 Å². The molecule has 88 valence electrons. The second kappa shape index (κ2) is 5.07. The standard InChI is InChI=1S/C13H18ClNO/c1-9(15-8-10-3-4-10)12-7-11(14)5-6-13(12)16-2/h5-7,9-10,15H,3-4,8H2,1-2H3. The number of methoxy groups -OCH3 is 1. The summed E-state index contributed by atoms with van der Waals surface area (Å²) in [7, 11) is 1.69. The van der Waals surface area contributed by atoms with Gasteiger partial charge in [0.15, 0.2) is 0 Å². The van der Waals surface area contributed by atoms with E-state index in [-0.39, 0.29) is 6.04 Å². The van der Waals surface area contributed by atoms with Crippen LogP contribution in [0.3, 0.4) is 0 Å². The maximum Gasteiger partial charge on any atom is 0.123 e. The Kier molecular flexibility index (Phi) is 3.72. The number of benzene rings is 1. The van der Waals surface area contributed by atoms with Gasteiger partial charge in [-0.05, 0) is 50.4 Å². The molecule has 1 aromatic rings. The molecular weight excluding hydrogens is 222 g/mol. The molecule has 1 aliphatic rings. The van der Waals surface area contributed by atoms with Crippen LogP contribution in [0.5, 0.6) is 5.75 Å². The van der Waals surface area contributed by atoms with Gasteiger partial charge in [0.2, 0.25) is 0 Å². The number of hydrogen-bond acceptors (Lipinski definition) is 2. The first-order valence-corrected chi connectivity index (χ1v) is 6.15. The molecule has 1 N–H and O–H groups in total. The van der Waals surface area contributed by atoms with E-state index >= 15 is 0 Å². The van der Waals surface area contributed by atoms with Gasteiger partial charge in [-0.3, -0.25) is 0 Å². The molecule has 0 saturated heterocycles. The molecular formula is C13H18ClNO. The highest BCUT2D eigenvalue weighted by molar-refractivity contribution is 6.30. The van der Waals surface area contributed by atoms with Gasteiger partial charge in [0.1, 0.15) is 5.75 Å². The predicted octanol–water partition coefficient (Wildman–Crippen LogP) is 3.41. The lowest BCUT2D eigenvalue weighted by Crippen LogP contribution is -2.21. The van der Waals surface area contributed by atoms with Gasteiger partial charge in [0, 0.05) is 16.6 Å². The van der Waals surface area contributed by atoms with Gasteiger partial charge >= 0.3 is 0 Å². The van der Waals surface area contributed by atoms with Crippen molar-refractivity contribution in [1.82, 2.24) is 5.32 Å². The fourth-order valence-corrected chi connectivity index (χ4v) is 2.00. The van der Waals surface area contributed by atoms with Crippen molar-refractivity contribution in [3.05, 3.63) is 28.8 Å². The molecule has 2 rings (SSSR count). The summed E-state index contributed by atoms with van der Waals surface area (Å²) in [4.78, 5) is 0. The number of rotatable bonds is 5. The van der Waals surface area contributed by atoms with Crippen molar-refractivity contribution >= 4 is 11.6 Å². The normalized spacial score (nSPS) is 17.2. The summed E-state index contributed by atoms with van der Waals surface area (Å²) < 4.78 is 5.35. The molecule has 0 amide bonds. The average molecular weight is 240 g/mol. The molecule has 0 bridgehead atoms. The Morgan fingerprint density at radius 3 is 2.88 bits per heavy atom. The smallest absolute Gasteiger partial charge is 0.123 e. The SMILES string of the molecule is COc1ccc(Cl)cc1C(C)NCC1CC1. The monoisotopic (exact) mass is 239 g/mol. The summed E-state index contributed by atoms with van der Waals surface area (Å²) in [6.45, 7) is 3.24. The Bertz CT molecular complexity index is 363. The Balaban J connectivity index is 2.06. The summed E-state index contributed by atoms with van der Waals surface area (Å²) in [5.74, 6) is 1.79. The van der Waals surface area contributed by atoms with Crippen LogP contribution in [0.4, 0.5) is 0 Å². The Morgan fingerprint density at radius 1 is 1.50 bits per heavy atom. The summed E-state index contributed by atoms with van der Waals surface area (Å²) in [5, 5.41) is 4.28. The fraction of sp³-hybridized carbons (Fsp3) is 0.538. The molecule has 1 aliphatic carbocycles. The molecule has 1 saturated carbocycles. The van der Waals surface area contributed by atoms with Crippen molar-refractivity contribution < 1.29 is 4.74 Å². The molecule has 0 aliphatic heterocycles. The van der Waals surface area contributed by atoms with E-state index in [1.165, 1.54) is 12.8 Å². The van der Waals surface area contributed by atoms with Crippen molar-refractivity contribution in [3.8, 4) is 5.75 Å². The zero-order valence-corrected chi connectivity index (χ0v) is 10.6. The van der Waals surface area contributed by atoms with Crippen LogP contribution in [0, 0.1) is 5.92 Å². The van der Waals surface area contributed by atoms with Gasteiger partial charge in [-0.25, -0.2) is 0 Å². The van der Waals surface area contributed by atoms with Crippen molar-refractivity contribution in [2.75, 3.05) is 13.7 Å². The number of ether oxygens (including phenoxy) is 1. The van der Waals surface area contributed by atoms with Gasteiger partial charge in [-0.15, -0.1) is 0 Å². The van der Waals surface area contributed by atoms with Crippen LogP contribution in [0.2, 0.25) is 5.02 Å². The van der Waals surface area contributed by atoms with Crippen LogP contribution in [0.25, 0.3) is 0 Å². The van der Waals surface area contributed by atoms with E-state index < -0.39 is 0 Å². The lowest BCUT2D eigenvalue weighted by molar-refractivity contribution is 0.401. The third-order valence-electron chi connectivity index (χ3n) is 3.07. The van der Waals surface area contributed by atoms with Crippen LogP contribution in [-0.4, -0.2) is 13.7 Å². The lowest BCUT2D eigenvalue weighted by Gasteiger charge is -2.17. The zero-order valence-electron chi connectivity index (χ0n) is 9.79. The quantitative estimate of drug-likeness (QED) is 0.850. The minimum atomic E-state index is 0.286. The second-order valence-corrected chi connectivity index (χ2v) is 4.90. The lowest BCUT2D eigenvalue weighted by atomic mass is 10.1. The summed E-state index contributed by atoms with van der Waals surface area (Å²) in [5.41, 5.74) is 1.13. The average Bonchev–Trinajstić information content (AvgIpc) is 3.09. The number of halogens is 1. The van der Waals surface area contributed by atoms with Crippen LogP contribution in [0.1, 0.15) is 31.4 Å². The van der Waals surface area contributed by atoms with Gasteiger partial charge in [0.25, 0.3) is 0 Å². The fourth-order valence-electron chi connectivity index (χ4n) is 1.82. The van der Waals surface area contributed by atoms with E-state index in [2.05, 4.69) is 12.2 Å². The van der Waals surface area contributed by atoms with Crippen LogP contribution < -0.4 is 10.1 Å². The molecule has 1 atom stereocenters. The largest absolute Gasteiger partial charge is 0.496 e. The maximum atomic E-state index is 6.01. The number of nitrogens with one attached hydrogen (secondary N) is 1. The molecule has 0 radical (unpaired) electrons. The minimum Gasteiger partial charge on any atom is -0.496 e. The second-order valence-electron chi connectivity index (χ2n) is 4.46. The molecule has 1 aromatic carbocycles. The van der Waals surface area contributed by atoms with E-state index in [1.807, 2.05) is 18.2 Å². The summed E-state index contributed by atoms with van der Waals surface area (Å²) >= 11 is 6.01. The van der Waals surface area contributed by atoms with Crippen LogP contribution in [-0.2, 0) is 0 Å². The van der Waals surface area contributed by atoms with Gasteiger partial charge in [-0.1, -0.05) is 11.6 Å². The van der Waals surface area contributed by atoms with Crippen molar-refractivity contribution in [3.63, 3.8) is 0 Å². The van der Waals surface area contributed by atoms with Crippen molar-refractivity contribution in [1.29, 1.82) is 0 Å². The first kappa shape index (κ1) is 11.7. The minimum absolute atomic E-state index is 0.286. The highest BCUT2D eigenvalue weighted by Gasteiger charge is 2.22. The molecule has 0 heterocycles. The third-order valence-corrected chi connectivity index (χ3v) is 3.30. The van der Waals surface area contributed by atoms with Crippen LogP contribution >= 0.6 is 11.6 Å². The maximum absolute atomic E-state index is 6.01. The molecule has 2 nitrogen and oxygen atoms in total. The molecule has 1 fully saturated rings. The predicted molar refractivity (Wildman–Crippen MR) is 67.1 cm³/mol. The summed E-state index contributed by atoms with van der Waals surface area (Å²) in [6.07, 6.45) is 2.73. The van der Waals surface area contributed by atoms with Gasteiger partial charge in [-0.2, -0.15) is 0 Å². The van der Waals surface area contributed by atoms with E-state index in [0.717, 1.165) is 28.8 Å². The van der Waals surface area contributed by atoms with Crippen molar-refractivity contribution in [2.45, 2.75) is 25.8 Å². The number of hydrogen-bond donors (Lipinski definition) is 1. The molecule has 0 aromatic heterocycles. The van der Waals surface area contributed by atoms with Gasteiger partial charge in [0.05, 0.1) is 7.11 Å². The first-order chi connectivity index (χ1) is 7.70. The zero-order chi connectivity index (χ0) is 11.5. The Morgan fingerprint density at radius 2 is 2.25 bits per heavy atom. The van der Waals surface area contributed by atoms with E-state index in [0.29, 0.717) is 0 Å². The Hall–Kier alpha value is -0.730. The van der Waals surface area contributed by atoms with E-state index in [4.69, 9.17) is 16.3 Å². The van der Waals surface area contributed by atoms with Crippen molar-refractivity contribution in [2.24, 2.45) is 5.92 Å². The highest BCUT2D eigenvalue weighted by Crippen LogP contribution is 2.31. The van der Waals surface area contributed by atoms with Gasteiger partial charge < -0.3 is 10.1 Å².